The molecule has 110 valence electrons. The van der Waals surface area contributed by atoms with Crippen molar-refractivity contribution in [3.8, 4) is 0 Å². The molecule has 1 aliphatic carbocycles. The van der Waals surface area contributed by atoms with Crippen LogP contribution in [-0.2, 0) is 0 Å². The number of piperidine rings is 1. The summed E-state index contributed by atoms with van der Waals surface area (Å²) in [6.07, 6.45) is 8.63. The fourth-order valence-corrected chi connectivity index (χ4v) is 2.98. The van der Waals surface area contributed by atoms with Crippen LogP contribution in [0.2, 0.25) is 0 Å². The van der Waals surface area contributed by atoms with E-state index in [1.165, 1.54) is 44.9 Å². The molecule has 2 fully saturated rings. The molecule has 1 saturated carbocycles. The van der Waals surface area contributed by atoms with E-state index in [4.69, 9.17) is 5.84 Å². The molecule has 0 radical (unpaired) electrons. The molecule has 0 bridgehead atoms. The van der Waals surface area contributed by atoms with Gasteiger partial charge in [0.05, 0.1) is 0 Å². The van der Waals surface area contributed by atoms with E-state index in [1.807, 2.05) is 0 Å². The fraction of sp³-hybridized carbons (Fsp3) is 0.769. The Morgan fingerprint density at radius 1 is 0.900 bits per heavy atom. The van der Waals surface area contributed by atoms with Gasteiger partial charge in [0, 0.05) is 19.1 Å². The predicted molar refractivity (Wildman–Crippen MR) is 79.6 cm³/mol. The van der Waals surface area contributed by atoms with Gasteiger partial charge < -0.3 is 10.2 Å². The maximum absolute atomic E-state index is 5.48. The molecule has 0 spiro atoms. The third-order valence-electron chi connectivity index (χ3n) is 4.08. The van der Waals surface area contributed by atoms with Gasteiger partial charge in [-0.05, 0) is 32.1 Å². The molecule has 0 amide bonds. The molecular formula is C13H23N7. The number of aromatic nitrogens is 3. The molecule has 20 heavy (non-hydrogen) atoms. The smallest absolute Gasteiger partial charge is 0.243 e. The number of nitrogens with one attached hydrogen (secondary N) is 2. The van der Waals surface area contributed by atoms with Crippen LogP contribution in [0.4, 0.5) is 17.8 Å². The number of hydrazine groups is 1. The Bertz CT molecular complexity index is 438. The summed E-state index contributed by atoms with van der Waals surface area (Å²) >= 11 is 0. The van der Waals surface area contributed by atoms with Crippen molar-refractivity contribution in [1.29, 1.82) is 0 Å². The highest BCUT2D eigenvalue weighted by atomic mass is 15.4. The largest absolute Gasteiger partial charge is 0.351 e. The van der Waals surface area contributed by atoms with Crippen LogP contribution in [0.5, 0.6) is 0 Å². The quantitative estimate of drug-likeness (QED) is 0.567. The van der Waals surface area contributed by atoms with Gasteiger partial charge in [0.1, 0.15) is 0 Å². The lowest BCUT2D eigenvalue weighted by Gasteiger charge is -2.27. The minimum absolute atomic E-state index is 0.432. The van der Waals surface area contributed by atoms with Gasteiger partial charge in [-0.25, -0.2) is 5.84 Å². The van der Waals surface area contributed by atoms with Crippen molar-refractivity contribution in [1.82, 2.24) is 15.0 Å². The second-order valence-corrected chi connectivity index (χ2v) is 5.60. The van der Waals surface area contributed by atoms with E-state index in [9.17, 15) is 0 Å². The fourth-order valence-electron chi connectivity index (χ4n) is 2.98. The first-order chi connectivity index (χ1) is 9.85. The highest BCUT2D eigenvalue weighted by Crippen LogP contribution is 2.23. The molecule has 2 heterocycles. The van der Waals surface area contributed by atoms with E-state index in [0.717, 1.165) is 19.0 Å². The zero-order chi connectivity index (χ0) is 13.8. The van der Waals surface area contributed by atoms with Gasteiger partial charge in [-0.3, -0.25) is 5.43 Å². The van der Waals surface area contributed by atoms with Crippen molar-refractivity contribution in [3.05, 3.63) is 0 Å². The Kier molecular flexibility index (Phi) is 4.15. The van der Waals surface area contributed by atoms with Crippen LogP contribution in [0.25, 0.3) is 0 Å². The zero-order valence-electron chi connectivity index (χ0n) is 11.8. The summed E-state index contributed by atoms with van der Waals surface area (Å²) in [7, 11) is 0. The molecule has 4 N–H and O–H groups in total. The number of nitrogens with zero attached hydrogens (tertiary/aromatic N) is 4. The number of nitrogen functional groups attached to an aromatic ring is 1. The summed E-state index contributed by atoms with van der Waals surface area (Å²) in [6.45, 7) is 2.02. The van der Waals surface area contributed by atoms with Crippen LogP contribution in [0.1, 0.15) is 44.9 Å². The number of hydrogen-bond donors (Lipinski definition) is 3. The van der Waals surface area contributed by atoms with E-state index < -0.39 is 0 Å². The molecule has 7 nitrogen and oxygen atoms in total. The minimum Gasteiger partial charge on any atom is -0.351 e. The summed E-state index contributed by atoms with van der Waals surface area (Å²) in [4.78, 5) is 15.5. The summed E-state index contributed by atoms with van der Waals surface area (Å²) in [6, 6.07) is 0.484. The van der Waals surface area contributed by atoms with Gasteiger partial charge >= 0.3 is 0 Å². The monoisotopic (exact) mass is 277 g/mol. The number of hydrogen-bond acceptors (Lipinski definition) is 7. The molecule has 1 aliphatic heterocycles. The van der Waals surface area contributed by atoms with Crippen LogP contribution < -0.4 is 21.5 Å². The second-order valence-electron chi connectivity index (χ2n) is 5.60. The number of anilines is 3. The van der Waals surface area contributed by atoms with E-state index in [0.29, 0.717) is 17.9 Å². The van der Waals surface area contributed by atoms with Crippen molar-refractivity contribution in [3.63, 3.8) is 0 Å². The molecule has 3 rings (SSSR count). The number of rotatable bonds is 4. The van der Waals surface area contributed by atoms with Crippen LogP contribution in [0.3, 0.4) is 0 Å². The SMILES string of the molecule is NNc1nc(NC2CCCC2)nc(N2CCCCC2)n1. The number of nitrogens with two attached hydrogens (primary N) is 1. The van der Waals surface area contributed by atoms with Gasteiger partial charge in [0.15, 0.2) is 0 Å². The lowest BCUT2D eigenvalue weighted by molar-refractivity contribution is 0.567. The normalized spacial score (nSPS) is 20.1. The Labute approximate surface area is 119 Å². The Morgan fingerprint density at radius 2 is 1.60 bits per heavy atom. The van der Waals surface area contributed by atoms with Crippen molar-refractivity contribution in [2.24, 2.45) is 5.84 Å². The average Bonchev–Trinajstić information content (AvgIpc) is 3.00. The van der Waals surface area contributed by atoms with Crippen molar-refractivity contribution in [2.75, 3.05) is 28.7 Å². The van der Waals surface area contributed by atoms with Crippen molar-refractivity contribution < 1.29 is 0 Å². The van der Waals surface area contributed by atoms with E-state index in [2.05, 4.69) is 30.6 Å². The standard InChI is InChI=1S/C13H23N7/c14-19-12-16-11(15-10-6-2-3-7-10)17-13(18-12)20-8-4-1-5-9-20/h10H,1-9,14H2,(H2,15,16,17,18,19). The van der Waals surface area contributed by atoms with E-state index >= 15 is 0 Å². The molecule has 1 saturated heterocycles. The predicted octanol–water partition coefficient (Wildman–Crippen LogP) is 1.50. The van der Waals surface area contributed by atoms with Crippen LogP contribution in [0, 0.1) is 0 Å². The summed E-state index contributed by atoms with van der Waals surface area (Å²) in [5.74, 6) is 7.28. The second kappa shape index (κ2) is 6.21. The topological polar surface area (TPSA) is 92.0 Å². The minimum atomic E-state index is 0.432. The molecule has 7 heteroatoms. The molecule has 0 aromatic carbocycles. The first-order valence-corrected chi connectivity index (χ1v) is 7.59. The Morgan fingerprint density at radius 3 is 2.30 bits per heavy atom. The summed E-state index contributed by atoms with van der Waals surface area (Å²) < 4.78 is 0. The lowest BCUT2D eigenvalue weighted by Crippen LogP contribution is -2.32. The van der Waals surface area contributed by atoms with Crippen LogP contribution >= 0.6 is 0 Å². The molecule has 2 aliphatic rings. The van der Waals surface area contributed by atoms with E-state index in [1.54, 1.807) is 0 Å². The van der Waals surface area contributed by atoms with Gasteiger partial charge in [0.2, 0.25) is 17.8 Å². The van der Waals surface area contributed by atoms with Crippen molar-refractivity contribution in [2.45, 2.75) is 51.0 Å². The van der Waals surface area contributed by atoms with Crippen molar-refractivity contribution >= 4 is 17.8 Å². The van der Waals surface area contributed by atoms with Crippen LogP contribution in [0.15, 0.2) is 0 Å². The highest BCUT2D eigenvalue weighted by molar-refractivity contribution is 5.44. The van der Waals surface area contributed by atoms with Gasteiger partial charge in [-0.1, -0.05) is 12.8 Å². The van der Waals surface area contributed by atoms with Gasteiger partial charge in [-0.2, -0.15) is 15.0 Å². The molecule has 0 unspecified atom stereocenters. The first kappa shape index (κ1) is 13.4. The Balaban J connectivity index is 1.77. The van der Waals surface area contributed by atoms with Gasteiger partial charge in [-0.15, -0.1) is 0 Å². The molecule has 1 aromatic heterocycles. The molecule has 0 atom stereocenters. The highest BCUT2D eigenvalue weighted by Gasteiger charge is 2.19. The summed E-state index contributed by atoms with van der Waals surface area (Å²) in [5, 5.41) is 3.41. The molecular weight excluding hydrogens is 254 g/mol. The first-order valence-electron chi connectivity index (χ1n) is 7.59. The zero-order valence-corrected chi connectivity index (χ0v) is 11.8. The maximum atomic E-state index is 5.48. The Hall–Kier alpha value is -1.63. The lowest BCUT2D eigenvalue weighted by atomic mass is 10.1. The van der Waals surface area contributed by atoms with E-state index in [-0.39, 0.29) is 0 Å². The third-order valence-corrected chi connectivity index (χ3v) is 4.08. The average molecular weight is 277 g/mol. The maximum Gasteiger partial charge on any atom is 0.243 e. The molecule has 1 aromatic rings. The third kappa shape index (κ3) is 3.09. The summed E-state index contributed by atoms with van der Waals surface area (Å²) in [5.41, 5.74) is 2.54. The van der Waals surface area contributed by atoms with Gasteiger partial charge in [0.25, 0.3) is 0 Å². The van der Waals surface area contributed by atoms with Crippen LogP contribution in [-0.4, -0.2) is 34.1 Å².